The van der Waals surface area contributed by atoms with Crippen molar-refractivity contribution in [3.05, 3.63) is 58.6 Å². The van der Waals surface area contributed by atoms with E-state index >= 15 is 0 Å². The van der Waals surface area contributed by atoms with Crippen LogP contribution in [0.25, 0.3) is 0 Å². The Morgan fingerprint density at radius 2 is 1.90 bits per heavy atom. The zero-order valence-corrected chi connectivity index (χ0v) is 12.9. The summed E-state index contributed by atoms with van der Waals surface area (Å²) in [4.78, 5) is 0.310. The highest BCUT2D eigenvalue weighted by Crippen LogP contribution is 2.19. The van der Waals surface area contributed by atoms with Crippen molar-refractivity contribution < 1.29 is 8.42 Å². The Kier molecular flexibility index (Phi) is 4.35. The molecule has 2 rings (SSSR count). The van der Waals surface area contributed by atoms with E-state index in [4.69, 9.17) is 11.6 Å². The van der Waals surface area contributed by atoms with Crippen LogP contribution in [-0.4, -0.2) is 14.7 Å². The summed E-state index contributed by atoms with van der Waals surface area (Å²) in [7, 11) is -3.18. The van der Waals surface area contributed by atoms with Crippen LogP contribution >= 0.6 is 11.6 Å². The van der Waals surface area contributed by atoms with Crippen LogP contribution in [0, 0.1) is 6.92 Å². The number of rotatable bonds is 4. The normalized spacial score (nSPS) is 11.3. The minimum absolute atomic E-state index is 0.310. The predicted octanol–water partition coefficient (Wildman–Crippen LogP) is 3.66. The summed E-state index contributed by atoms with van der Waals surface area (Å²) in [6.45, 7) is 2.54. The first-order chi connectivity index (χ1) is 9.36. The maximum atomic E-state index is 11.5. The number of benzene rings is 2. The van der Waals surface area contributed by atoms with Crippen molar-refractivity contribution in [1.82, 2.24) is 0 Å². The van der Waals surface area contributed by atoms with Gasteiger partial charge in [0.15, 0.2) is 9.84 Å². The first kappa shape index (κ1) is 14.9. The second-order valence-corrected chi connectivity index (χ2v) is 7.16. The molecule has 0 heterocycles. The number of anilines is 1. The molecule has 0 saturated heterocycles. The lowest BCUT2D eigenvalue weighted by atomic mass is 10.1. The molecule has 2 aromatic rings. The summed E-state index contributed by atoms with van der Waals surface area (Å²) in [5, 5.41) is 3.93. The molecular weight excluding hydrogens is 294 g/mol. The standard InChI is InChI=1S/C15H16ClNO2S/c1-11-6-7-12(8-15(11)16)10-17-13-4-3-5-14(9-13)20(2,18)19/h3-9,17H,10H2,1-2H3. The van der Waals surface area contributed by atoms with Gasteiger partial charge < -0.3 is 5.32 Å². The van der Waals surface area contributed by atoms with Crippen LogP contribution in [0.5, 0.6) is 0 Å². The summed E-state index contributed by atoms with van der Waals surface area (Å²) in [6.07, 6.45) is 1.20. The minimum atomic E-state index is -3.18. The van der Waals surface area contributed by atoms with Gasteiger partial charge in [-0.2, -0.15) is 0 Å². The molecule has 5 heteroatoms. The maximum Gasteiger partial charge on any atom is 0.175 e. The van der Waals surface area contributed by atoms with Gasteiger partial charge in [0.05, 0.1) is 4.90 Å². The smallest absolute Gasteiger partial charge is 0.175 e. The highest BCUT2D eigenvalue weighted by molar-refractivity contribution is 7.90. The largest absolute Gasteiger partial charge is 0.381 e. The van der Waals surface area contributed by atoms with Gasteiger partial charge in [-0.1, -0.05) is 29.8 Å². The molecule has 0 amide bonds. The molecule has 1 N–H and O–H groups in total. The van der Waals surface area contributed by atoms with Gasteiger partial charge in [0.2, 0.25) is 0 Å². The van der Waals surface area contributed by atoms with Crippen molar-refractivity contribution in [3.63, 3.8) is 0 Å². The Balaban J connectivity index is 2.13. The highest BCUT2D eigenvalue weighted by Gasteiger charge is 2.07. The van der Waals surface area contributed by atoms with Gasteiger partial charge in [0, 0.05) is 23.5 Å². The molecule has 0 spiro atoms. The van der Waals surface area contributed by atoms with Gasteiger partial charge in [-0.3, -0.25) is 0 Å². The van der Waals surface area contributed by atoms with Crippen molar-refractivity contribution in [1.29, 1.82) is 0 Å². The highest BCUT2D eigenvalue weighted by atomic mass is 35.5. The zero-order chi connectivity index (χ0) is 14.8. The van der Waals surface area contributed by atoms with Gasteiger partial charge >= 0.3 is 0 Å². The lowest BCUT2D eigenvalue weighted by molar-refractivity contribution is 0.602. The van der Waals surface area contributed by atoms with Crippen molar-refractivity contribution in [2.75, 3.05) is 11.6 Å². The fourth-order valence-electron chi connectivity index (χ4n) is 1.79. The number of halogens is 1. The van der Waals surface area contributed by atoms with Gasteiger partial charge in [-0.05, 0) is 42.3 Å². The van der Waals surface area contributed by atoms with Crippen LogP contribution in [0.2, 0.25) is 5.02 Å². The van der Waals surface area contributed by atoms with E-state index in [0.717, 1.165) is 21.8 Å². The SMILES string of the molecule is Cc1ccc(CNc2cccc(S(C)(=O)=O)c2)cc1Cl. The van der Waals surface area contributed by atoms with Gasteiger partial charge in [0.1, 0.15) is 0 Å². The third kappa shape index (κ3) is 3.74. The molecule has 0 atom stereocenters. The van der Waals surface area contributed by atoms with E-state index in [2.05, 4.69) is 5.32 Å². The molecule has 3 nitrogen and oxygen atoms in total. The Bertz CT molecular complexity index is 726. The fraction of sp³-hybridized carbons (Fsp3) is 0.200. The van der Waals surface area contributed by atoms with Crippen molar-refractivity contribution in [3.8, 4) is 0 Å². The molecule has 0 aliphatic heterocycles. The van der Waals surface area contributed by atoms with E-state index < -0.39 is 9.84 Å². The Morgan fingerprint density at radius 3 is 2.55 bits per heavy atom. The molecule has 106 valence electrons. The van der Waals surface area contributed by atoms with Crippen LogP contribution in [-0.2, 0) is 16.4 Å². The van der Waals surface area contributed by atoms with Crippen LogP contribution in [0.4, 0.5) is 5.69 Å². The second-order valence-electron chi connectivity index (χ2n) is 4.74. The molecular formula is C15H16ClNO2S. The molecule has 0 unspecified atom stereocenters. The van der Waals surface area contributed by atoms with Gasteiger partial charge in [0.25, 0.3) is 0 Å². The third-order valence-electron chi connectivity index (χ3n) is 3.00. The van der Waals surface area contributed by atoms with Crippen molar-refractivity contribution in [2.24, 2.45) is 0 Å². The van der Waals surface area contributed by atoms with Crippen molar-refractivity contribution in [2.45, 2.75) is 18.4 Å². The quantitative estimate of drug-likeness (QED) is 0.937. The van der Waals surface area contributed by atoms with Crippen LogP contribution < -0.4 is 5.32 Å². The molecule has 0 radical (unpaired) electrons. The molecule has 0 aliphatic rings. The lowest BCUT2D eigenvalue weighted by Crippen LogP contribution is -2.02. The van der Waals surface area contributed by atoms with E-state index in [0.29, 0.717) is 11.4 Å². The molecule has 20 heavy (non-hydrogen) atoms. The number of sulfone groups is 1. The number of hydrogen-bond donors (Lipinski definition) is 1. The Hall–Kier alpha value is -1.52. The van der Waals surface area contributed by atoms with E-state index in [9.17, 15) is 8.42 Å². The number of aryl methyl sites for hydroxylation is 1. The van der Waals surface area contributed by atoms with Crippen molar-refractivity contribution >= 4 is 27.1 Å². The predicted molar refractivity (Wildman–Crippen MR) is 83.1 cm³/mol. The van der Waals surface area contributed by atoms with Gasteiger partial charge in [-0.25, -0.2) is 8.42 Å². The van der Waals surface area contributed by atoms with E-state index in [1.165, 1.54) is 6.26 Å². The second kappa shape index (κ2) is 5.85. The Labute approximate surface area is 124 Å². The fourth-order valence-corrected chi connectivity index (χ4v) is 2.66. The summed E-state index contributed by atoms with van der Waals surface area (Å²) in [6, 6.07) is 12.6. The van der Waals surface area contributed by atoms with Gasteiger partial charge in [-0.15, -0.1) is 0 Å². The average Bonchev–Trinajstić information content (AvgIpc) is 2.39. The first-order valence-electron chi connectivity index (χ1n) is 6.15. The lowest BCUT2D eigenvalue weighted by Gasteiger charge is -2.09. The van der Waals surface area contributed by atoms with Crippen LogP contribution in [0.1, 0.15) is 11.1 Å². The average molecular weight is 310 g/mol. The molecule has 0 fully saturated rings. The molecule has 0 aliphatic carbocycles. The first-order valence-corrected chi connectivity index (χ1v) is 8.42. The van der Waals surface area contributed by atoms with Crippen LogP contribution in [0.15, 0.2) is 47.4 Å². The summed E-state index contributed by atoms with van der Waals surface area (Å²) >= 11 is 6.07. The van der Waals surface area contributed by atoms with E-state index in [-0.39, 0.29) is 0 Å². The van der Waals surface area contributed by atoms with E-state index in [1.54, 1.807) is 18.2 Å². The minimum Gasteiger partial charge on any atom is -0.381 e. The monoisotopic (exact) mass is 309 g/mol. The summed E-state index contributed by atoms with van der Waals surface area (Å²) < 4.78 is 23.0. The maximum absolute atomic E-state index is 11.5. The molecule has 0 bridgehead atoms. The topological polar surface area (TPSA) is 46.2 Å². The number of hydrogen-bond acceptors (Lipinski definition) is 3. The molecule has 0 saturated carbocycles. The Morgan fingerprint density at radius 1 is 1.15 bits per heavy atom. The molecule has 0 aromatic heterocycles. The number of nitrogens with one attached hydrogen (secondary N) is 1. The zero-order valence-electron chi connectivity index (χ0n) is 11.4. The van der Waals surface area contributed by atoms with E-state index in [1.807, 2.05) is 31.2 Å². The molecule has 2 aromatic carbocycles. The summed E-state index contributed by atoms with van der Waals surface area (Å²) in [5.41, 5.74) is 2.85. The third-order valence-corrected chi connectivity index (χ3v) is 4.51. The summed E-state index contributed by atoms with van der Waals surface area (Å²) in [5.74, 6) is 0. The van der Waals surface area contributed by atoms with Crippen LogP contribution in [0.3, 0.4) is 0 Å².